The number of hydrogen-bond donors (Lipinski definition) is 1. The molecule has 0 radical (unpaired) electrons. The summed E-state index contributed by atoms with van der Waals surface area (Å²) >= 11 is 0. The topological polar surface area (TPSA) is 70.8 Å². The summed E-state index contributed by atoms with van der Waals surface area (Å²) in [6.45, 7) is 0.497. The van der Waals surface area contributed by atoms with Gasteiger partial charge in [0.2, 0.25) is 0 Å². The Bertz CT molecular complexity index is 563. The van der Waals surface area contributed by atoms with Gasteiger partial charge in [-0.15, -0.1) is 0 Å². The third kappa shape index (κ3) is 3.71. The second-order valence-electron chi connectivity index (χ2n) is 4.33. The van der Waals surface area contributed by atoms with Crippen LogP contribution in [0.15, 0.2) is 53.1 Å². The van der Waals surface area contributed by atoms with Crippen molar-refractivity contribution in [1.29, 1.82) is 0 Å². The normalized spacial score (nSPS) is 10.2. The molecule has 0 saturated heterocycles. The molecule has 0 fully saturated rings. The number of hydrogen-bond acceptors (Lipinski definition) is 3. The summed E-state index contributed by atoms with van der Waals surface area (Å²) < 4.78 is 5.08. The summed E-state index contributed by atoms with van der Waals surface area (Å²) in [5.41, 5.74) is 0.942. The van der Waals surface area contributed by atoms with E-state index in [9.17, 15) is 9.59 Å². The Morgan fingerprint density at radius 1 is 1.10 bits per heavy atom. The van der Waals surface area contributed by atoms with Crippen molar-refractivity contribution in [2.24, 2.45) is 0 Å². The minimum absolute atomic E-state index is 0.0979. The second-order valence-corrected chi connectivity index (χ2v) is 4.33. The monoisotopic (exact) mass is 273 g/mol. The van der Waals surface area contributed by atoms with Crippen molar-refractivity contribution in [3.63, 3.8) is 0 Å². The third-order valence-corrected chi connectivity index (χ3v) is 2.83. The molecule has 0 atom stereocenters. The maximum atomic E-state index is 12.3. The van der Waals surface area contributed by atoms with E-state index >= 15 is 0 Å². The molecular weight excluding hydrogens is 258 g/mol. The van der Waals surface area contributed by atoms with E-state index in [4.69, 9.17) is 9.52 Å². The van der Waals surface area contributed by atoms with Crippen LogP contribution in [0, 0.1) is 0 Å². The molecule has 104 valence electrons. The fourth-order valence-electron chi connectivity index (χ4n) is 1.84. The number of aliphatic carboxylic acids is 1. The molecule has 0 saturated carbocycles. The zero-order valence-corrected chi connectivity index (χ0v) is 10.9. The van der Waals surface area contributed by atoms with E-state index < -0.39 is 5.97 Å². The molecule has 0 aliphatic rings. The van der Waals surface area contributed by atoms with Gasteiger partial charge in [0.15, 0.2) is 5.76 Å². The van der Waals surface area contributed by atoms with Crippen LogP contribution >= 0.6 is 0 Å². The number of carboxylic acid groups (broad SMARTS) is 1. The molecule has 20 heavy (non-hydrogen) atoms. The summed E-state index contributed by atoms with van der Waals surface area (Å²) in [5.74, 6) is -1.03. The quantitative estimate of drug-likeness (QED) is 0.877. The van der Waals surface area contributed by atoms with E-state index in [0.717, 1.165) is 5.56 Å². The van der Waals surface area contributed by atoms with Crippen LogP contribution in [0.1, 0.15) is 22.5 Å². The average Bonchev–Trinajstić information content (AvgIpc) is 2.97. The number of carbonyl (C=O) groups is 2. The molecule has 0 spiro atoms. The van der Waals surface area contributed by atoms with Crippen LogP contribution in [0.2, 0.25) is 0 Å². The zero-order chi connectivity index (χ0) is 14.4. The molecule has 0 bridgehead atoms. The van der Waals surface area contributed by atoms with Crippen molar-refractivity contribution < 1.29 is 19.1 Å². The highest BCUT2D eigenvalue weighted by atomic mass is 16.4. The molecule has 1 aromatic carbocycles. The third-order valence-electron chi connectivity index (χ3n) is 2.83. The van der Waals surface area contributed by atoms with Gasteiger partial charge in [0.05, 0.1) is 12.7 Å². The number of furan rings is 1. The average molecular weight is 273 g/mol. The first-order valence-electron chi connectivity index (χ1n) is 6.25. The van der Waals surface area contributed by atoms with Crippen LogP contribution in [-0.4, -0.2) is 28.4 Å². The standard InChI is InChI=1S/C15H15NO4/c17-14(18)8-9-16(11-12-5-2-1-3-6-12)15(19)13-7-4-10-20-13/h1-7,10H,8-9,11H2,(H,17,18). The minimum Gasteiger partial charge on any atom is -0.481 e. The molecule has 2 aromatic rings. The molecule has 2 rings (SSSR count). The lowest BCUT2D eigenvalue weighted by molar-refractivity contribution is -0.137. The van der Waals surface area contributed by atoms with E-state index in [0.29, 0.717) is 6.54 Å². The fourth-order valence-corrected chi connectivity index (χ4v) is 1.84. The lowest BCUT2D eigenvalue weighted by Gasteiger charge is -2.21. The van der Waals surface area contributed by atoms with E-state index in [1.54, 1.807) is 12.1 Å². The van der Waals surface area contributed by atoms with E-state index in [-0.39, 0.29) is 24.6 Å². The van der Waals surface area contributed by atoms with Gasteiger partial charge in [-0.2, -0.15) is 0 Å². The van der Waals surface area contributed by atoms with Gasteiger partial charge in [0.1, 0.15) is 0 Å². The molecule has 0 aliphatic heterocycles. The molecule has 5 heteroatoms. The summed E-state index contributed by atoms with van der Waals surface area (Å²) in [6.07, 6.45) is 1.32. The summed E-state index contributed by atoms with van der Waals surface area (Å²) in [6, 6.07) is 12.6. The SMILES string of the molecule is O=C(O)CCN(Cc1ccccc1)C(=O)c1ccco1. The number of carbonyl (C=O) groups excluding carboxylic acids is 1. The van der Waals surface area contributed by atoms with E-state index in [1.807, 2.05) is 30.3 Å². The highest BCUT2D eigenvalue weighted by Gasteiger charge is 2.19. The maximum Gasteiger partial charge on any atom is 0.305 e. The van der Waals surface area contributed by atoms with Crippen LogP contribution in [0.4, 0.5) is 0 Å². The number of benzene rings is 1. The van der Waals surface area contributed by atoms with Crippen LogP contribution in [-0.2, 0) is 11.3 Å². The minimum atomic E-state index is -0.935. The summed E-state index contributed by atoms with van der Waals surface area (Å²) in [7, 11) is 0. The number of rotatable bonds is 6. The number of amides is 1. The molecule has 1 aromatic heterocycles. The van der Waals surface area contributed by atoms with Gasteiger partial charge in [-0.05, 0) is 17.7 Å². The Kier molecular flexibility index (Phi) is 4.55. The molecular formula is C15H15NO4. The first-order valence-corrected chi connectivity index (χ1v) is 6.25. The molecule has 1 N–H and O–H groups in total. The molecule has 0 unspecified atom stereocenters. The Morgan fingerprint density at radius 2 is 1.85 bits per heavy atom. The van der Waals surface area contributed by atoms with Crippen molar-refractivity contribution in [2.45, 2.75) is 13.0 Å². The van der Waals surface area contributed by atoms with Gasteiger partial charge in [0.25, 0.3) is 5.91 Å². The van der Waals surface area contributed by atoms with Crippen LogP contribution < -0.4 is 0 Å². The van der Waals surface area contributed by atoms with Gasteiger partial charge < -0.3 is 14.4 Å². The lowest BCUT2D eigenvalue weighted by Crippen LogP contribution is -2.32. The van der Waals surface area contributed by atoms with Gasteiger partial charge >= 0.3 is 5.97 Å². The predicted molar refractivity (Wildman–Crippen MR) is 72.1 cm³/mol. The van der Waals surface area contributed by atoms with Crippen molar-refractivity contribution in [3.8, 4) is 0 Å². The van der Waals surface area contributed by atoms with Crippen molar-refractivity contribution >= 4 is 11.9 Å². The van der Waals surface area contributed by atoms with Gasteiger partial charge in [0, 0.05) is 13.1 Å². The summed E-state index contributed by atoms with van der Waals surface area (Å²) in [5, 5.41) is 8.78. The summed E-state index contributed by atoms with van der Waals surface area (Å²) in [4.78, 5) is 24.4. The largest absolute Gasteiger partial charge is 0.481 e. The molecule has 1 amide bonds. The van der Waals surface area contributed by atoms with Gasteiger partial charge in [-0.3, -0.25) is 9.59 Å². The first kappa shape index (κ1) is 13.9. The molecule has 0 aliphatic carbocycles. The van der Waals surface area contributed by atoms with Crippen molar-refractivity contribution in [2.75, 3.05) is 6.54 Å². The van der Waals surface area contributed by atoms with Crippen LogP contribution in [0.25, 0.3) is 0 Å². The zero-order valence-electron chi connectivity index (χ0n) is 10.9. The van der Waals surface area contributed by atoms with Gasteiger partial charge in [-0.1, -0.05) is 30.3 Å². The molecule has 5 nitrogen and oxygen atoms in total. The van der Waals surface area contributed by atoms with Crippen molar-refractivity contribution in [1.82, 2.24) is 4.90 Å². The maximum absolute atomic E-state index is 12.3. The number of nitrogens with zero attached hydrogens (tertiary/aromatic N) is 1. The van der Waals surface area contributed by atoms with Gasteiger partial charge in [-0.25, -0.2) is 0 Å². The van der Waals surface area contributed by atoms with Crippen molar-refractivity contribution in [3.05, 3.63) is 60.1 Å². The predicted octanol–water partition coefficient (Wildman–Crippen LogP) is 2.40. The fraction of sp³-hybridized carbons (Fsp3) is 0.200. The Balaban J connectivity index is 2.12. The van der Waals surface area contributed by atoms with E-state index in [1.165, 1.54) is 11.2 Å². The Morgan fingerprint density at radius 3 is 2.45 bits per heavy atom. The molecule has 1 heterocycles. The van der Waals surface area contributed by atoms with Crippen LogP contribution in [0.5, 0.6) is 0 Å². The van der Waals surface area contributed by atoms with Crippen LogP contribution in [0.3, 0.4) is 0 Å². The number of carboxylic acids is 1. The smallest absolute Gasteiger partial charge is 0.305 e. The Hall–Kier alpha value is -2.56. The van der Waals surface area contributed by atoms with E-state index in [2.05, 4.69) is 0 Å². The highest BCUT2D eigenvalue weighted by molar-refractivity contribution is 5.91. The first-order chi connectivity index (χ1) is 9.66. The Labute approximate surface area is 116 Å². The highest BCUT2D eigenvalue weighted by Crippen LogP contribution is 2.11. The second kappa shape index (κ2) is 6.56. The lowest BCUT2D eigenvalue weighted by atomic mass is 10.2.